The minimum Gasteiger partial charge on any atom is -0.350 e. The maximum Gasteiger partial charge on any atom is 0.252 e. The Morgan fingerprint density at radius 3 is 2.60 bits per heavy atom. The monoisotopic (exact) mass is 416 g/mol. The van der Waals surface area contributed by atoms with Gasteiger partial charge in [0.15, 0.2) is 0 Å². The molecular weight excluding hydrogens is 372 g/mol. The van der Waals surface area contributed by atoms with Crippen LogP contribution in [0.5, 0.6) is 0 Å². The number of aromatic nitrogens is 1. The number of carbonyl (C=O) groups excluding carboxylic acids is 1. The molecule has 0 spiro atoms. The van der Waals surface area contributed by atoms with Crippen molar-refractivity contribution in [3.8, 4) is 0 Å². The molecule has 0 radical (unpaired) electrons. The van der Waals surface area contributed by atoms with Gasteiger partial charge in [0.25, 0.3) is 5.91 Å². The van der Waals surface area contributed by atoms with Gasteiger partial charge in [0.05, 0.1) is 5.56 Å². The van der Waals surface area contributed by atoms with Crippen LogP contribution in [0.15, 0.2) is 24.5 Å². The van der Waals surface area contributed by atoms with E-state index in [0.29, 0.717) is 12.1 Å². The topological polar surface area (TPSA) is 71.2 Å². The first-order chi connectivity index (χ1) is 14.6. The van der Waals surface area contributed by atoms with Gasteiger partial charge >= 0.3 is 0 Å². The number of nitrogens with two attached hydrogens (primary N) is 1. The third kappa shape index (κ3) is 11.1. The van der Waals surface area contributed by atoms with Crippen molar-refractivity contribution in [2.75, 3.05) is 26.2 Å². The molecule has 5 heteroatoms. The Hall–Kier alpha value is -1.46. The van der Waals surface area contributed by atoms with E-state index in [-0.39, 0.29) is 11.9 Å². The average molecular weight is 417 g/mol. The van der Waals surface area contributed by atoms with Crippen molar-refractivity contribution in [2.24, 2.45) is 11.7 Å². The molecule has 1 aromatic rings. The summed E-state index contributed by atoms with van der Waals surface area (Å²) in [5.74, 6) is 0.832. The third-order valence-electron chi connectivity index (χ3n) is 6.36. The zero-order valence-electron chi connectivity index (χ0n) is 19.2. The molecule has 2 unspecified atom stereocenters. The smallest absolute Gasteiger partial charge is 0.252 e. The van der Waals surface area contributed by atoms with Gasteiger partial charge in [0, 0.05) is 25.0 Å². The van der Waals surface area contributed by atoms with Crippen molar-refractivity contribution < 1.29 is 4.79 Å². The SMILES string of the molecule is CC1CCCN(CCCCCCCCCCC(N)CNC(=O)c2cccnc2)CC1. The molecule has 1 fully saturated rings. The van der Waals surface area contributed by atoms with Gasteiger partial charge in [-0.1, -0.05) is 51.9 Å². The van der Waals surface area contributed by atoms with Gasteiger partial charge in [0.1, 0.15) is 0 Å². The van der Waals surface area contributed by atoms with Crippen LogP contribution in [0.25, 0.3) is 0 Å². The minimum absolute atomic E-state index is 0.0348. The number of hydrogen-bond acceptors (Lipinski definition) is 4. The molecule has 2 heterocycles. The van der Waals surface area contributed by atoms with Crippen molar-refractivity contribution in [3.05, 3.63) is 30.1 Å². The predicted molar refractivity (Wildman–Crippen MR) is 126 cm³/mol. The van der Waals surface area contributed by atoms with Gasteiger partial charge in [-0.25, -0.2) is 0 Å². The van der Waals surface area contributed by atoms with Crippen molar-refractivity contribution in [2.45, 2.75) is 90.0 Å². The van der Waals surface area contributed by atoms with Crippen molar-refractivity contribution in [1.82, 2.24) is 15.2 Å². The molecule has 1 saturated heterocycles. The Balaban J connectivity index is 1.36. The summed E-state index contributed by atoms with van der Waals surface area (Å²) in [6.45, 7) is 6.88. The number of nitrogens with zero attached hydrogens (tertiary/aromatic N) is 2. The summed E-state index contributed by atoms with van der Waals surface area (Å²) >= 11 is 0. The number of nitrogens with one attached hydrogen (secondary N) is 1. The van der Waals surface area contributed by atoms with E-state index in [9.17, 15) is 4.79 Å². The molecule has 0 bridgehead atoms. The van der Waals surface area contributed by atoms with Crippen LogP contribution >= 0.6 is 0 Å². The minimum atomic E-state index is -0.0936. The highest BCUT2D eigenvalue weighted by Gasteiger charge is 2.13. The molecule has 0 aromatic carbocycles. The van der Waals surface area contributed by atoms with Gasteiger partial charge in [-0.05, 0) is 69.8 Å². The fourth-order valence-corrected chi connectivity index (χ4v) is 4.27. The maximum absolute atomic E-state index is 12.0. The molecule has 2 atom stereocenters. The van der Waals surface area contributed by atoms with E-state index in [0.717, 1.165) is 18.8 Å². The molecule has 2 rings (SSSR count). The summed E-state index contributed by atoms with van der Waals surface area (Å²) in [7, 11) is 0. The Morgan fingerprint density at radius 2 is 1.87 bits per heavy atom. The molecular formula is C25H44N4O. The first-order valence-electron chi connectivity index (χ1n) is 12.3. The van der Waals surface area contributed by atoms with E-state index < -0.39 is 0 Å². The third-order valence-corrected chi connectivity index (χ3v) is 6.36. The van der Waals surface area contributed by atoms with Crippen LogP contribution in [0.4, 0.5) is 0 Å². The average Bonchev–Trinajstić information content (AvgIpc) is 2.98. The van der Waals surface area contributed by atoms with E-state index >= 15 is 0 Å². The molecule has 30 heavy (non-hydrogen) atoms. The number of carbonyl (C=O) groups is 1. The molecule has 0 saturated carbocycles. The van der Waals surface area contributed by atoms with Crippen LogP contribution < -0.4 is 11.1 Å². The molecule has 0 aliphatic carbocycles. The second kappa shape index (κ2) is 15.4. The summed E-state index contributed by atoms with van der Waals surface area (Å²) in [6.07, 6.45) is 19.0. The lowest BCUT2D eigenvalue weighted by Crippen LogP contribution is -2.37. The molecule has 5 nitrogen and oxygen atoms in total. The van der Waals surface area contributed by atoms with Crippen LogP contribution in [0.1, 0.15) is 94.3 Å². The summed E-state index contributed by atoms with van der Waals surface area (Å²) in [5, 5.41) is 2.90. The van der Waals surface area contributed by atoms with Gasteiger partial charge < -0.3 is 16.0 Å². The Bertz CT molecular complexity index is 566. The zero-order valence-corrected chi connectivity index (χ0v) is 19.2. The number of likely N-dealkylation sites (tertiary alicyclic amines) is 1. The summed E-state index contributed by atoms with van der Waals surface area (Å²) < 4.78 is 0. The van der Waals surface area contributed by atoms with Crippen molar-refractivity contribution in [1.29, 1.82) is 0 Å². The molecule has 170 valence electrons. The van der Waals surface area contributed by atoms with E-state index in [1.807, 2.05) is 0 Å². The fraction of sp³-hybridized carbons (Fsp3) is 0.760. The van der Waals surface area contributed by atoms with Crippen molar-refractivity contribution >= 4 is 5.91 Å². The van der Waals surface area contributed by atoms with E-state index in [4.69, 9.17) is 5.73 Å². The normalized spacial score (nSPS) is 18.7. The molecule has 3 N–H and O–H groups in total. The molecule has 1 aliphatic rings. The molecule has 1 amide bonds. The standard InChI is InChI=1S/C25H44N4O/c1-22-12-11-18-29(19-15-22)17-9-7-5-3-2-4-6-8-14-24(26)21-28-25(30)23-13-10-16-27-20-23/h10,13,16,20,22,24H,2-9,11-12,14-15,17-19,21,26H2,1H3,(H,28,30). The number of amides is 1. The maximum atomic E-state index is 12.0. The lowest BCUT2D eigenvalue weighted by atomic mass is 10.0. The second-order valence-corrected chi connectivity index (χ2v) is 9.21. The van der Waals surface area contributed by atoms with Crippen LogP contribution in [0.2, 0.25) is 0 Å². The van der Waals surface area contributed by atoms with Gasteiger partial charge in [-0.3, -0.25) is 9.78 Å². The molecule has 1 aromatic heterocycles. The Morgan fingerprint density at radius 1 is 1.13 bits per heavy atom. The molecule has 1 aliphatic heterocycles. The van der Waals surface area contributed by atoms with Crippen molar-refractivity contribution in [3.63, 3.8) is 0 Å². The van der Waals surface area contributed by atoms with Crippen LogP contribution in [0.3, 0.4) is 0 Å². The lowest BCUT2D eigenvalue weighted by Gasteiger charge is -2.19. The highest BCUT2D eigenvalue weighted by molar-refractivity contribution is 5.93. The summed E-state index contributed by atoms with van der Waals surface area (Å²) in [6, 6.07) is 3.57. The highest BCUT2D eigenvalue weighted by atomic mass is 16.1. The zero-order chi connectivity index (χ0) is 21.4. The first-order valence-corrected chi connectivity index (χ1v) is 12.3. The predicted octanol–water partition coefficient (Wildman–Crippen LogP) is 4.77. The number of pyridine rings is 1. The van der Waals surface area contributed by atoms with Gasteiger partial charge in [0.2, 0.25) is 0 Å². The van der Waals surface area contributed by atoms with Crippen LogP contribution in [0, 0.1) is 5.92 Å². The first kappa shape index (κ1) is 24.8. The Kier molecular flexibility index (Phi) is 12.7. The van der Waals surface area contributed by atoms with E-state index in [1.165, 1.54) is 83.8 Å². The van der Waals surface area contributed by atoms with Crippen LogP contribution in [-0.2, 0) is 0 Å². The van der Waals surface area contributed by atoms with Crippen LogP contribution in [-0.4, -0.2) is 48.0 Å². The lowest BCUT2D eigenvalue weighted by molar-refractivity contribution is 0.0950. The highest BCUT2D eigenvalue weighted by Crippen LogP contribution is 2.17. The number of rotatable bonds is 14. The summed E-state index contributed by atoms with van der Waals surface area (Å²) in [5.41, 5.74) is 6.73. The van der Waals surface area contributed by atoms with E-state index in [1.54, 1.807) is 24.5 Å². The Labute approximate surface area is 184 Å². The second-order valence-electron chi connectivity index (χ2n) is 9.21. The number of unbranched alkanes of at least 4 members (excludes halogenated alkanes) is 7. The summed E-state index contributed by atoms with van der Waals surface area (Å²) in [4.78, 5) is 18.6. The number of hydrogen-bond donors (Lipinski definition) is 2. The van der Waals surface area contributed by atoms with Gasteiger partial charge in [-0.15, -0.1) is 0 Å². The fourth-order valence-electron chi connectivity index (χ4n) is 4.27. The van der Waals surface area contributed by atoms with E-state index in [2.05, 4.69) is 22.1 Å². The van der Waals surface area contributed by atoms with Gasteiger partial charge in [-0.2, -0.15) is 0 Å². The quantitative estimate of drug-likeness (QED) is 0.429. The largest absolute Gasteiger partial charge is 0.350 e.